The second-order valence-corrected chi connectivity index (χ2v) is 8.62. The van der Waals surface area contributed by atoms with E-state index >= 15 is 0 Å². The minimum absolute atomic E-state index is 0.394. The van der Waals surface area contributed by atoms with Crippen LogP contribution in [-0.2, 0) is 0 Å². The molecule has 0 aliphatic carbocycles. The van der Waals surface area contributed by atoms with Crippen molar-refractivity contribution in [2.75, 3.05) is 11.1 Å². The quantitative estimate of drug-likeness (QED) is 0.266. The van der Waals surface area contributed by atoms with Gasteiger partial charge in [-0.15, -0.1) is 16.8 Å². The lowest BCUT2D eigenvalue weighted by atomic mass is 10.1. The fraction of sp³-hybridized carbons (Fsp3) is 0.125. The number of ether oxygens (including phenoxy) is 1. The summed E-state index contributed by atoms with van der Waals surface area (Å²) in [4.78, 5) is 4.60. The number of hydrogen-bond acceptors (Lipinski definition) is 7. The number of fused-ring (bicyclic) bond motifs is 3. The van der Waals surface area contributed by atoms with Crippen LogP contribution < -0.4 is 10.1 Å². The molecule has 0 saturated carbocycles. The van der Waals surface area contributed by atoms with Crippen molar-refractivity contribution in [3.8, 4) is 28.5 Å². The molecule has 5 rings (SSSR count). The highest BCUT2D eigenvalue weighted by Gasteiger charge is 2.28. The highest BCUT2D eigenvalue weighted by molar-refractivity contribution is 7.99. The fourth-order valence-corrected chi connectivity index (χ4v) is 4.15. The summed E-state index contributed by atoms with van der Waals surface area (Å²) in [5.41, 5.74) is 4.31. The van der Waals surface area contributed by atoms with Gasteiger partial charge in [0.1, 0.15) is 5.76 Å². The van der Waals surface area contributed by atoms with Gasteiger partial charge < -0.3 is 14.5 Å². The largest absolute Gasteiger partial charge is 0.455 e. The van der Waals surface area contributed by atoms with E-state index in [4.69, 9.17) is 20.8 Å². The molecule has 0 bridgehead atoms. The Morgan fingerprint density at radius 1 is 1.12 bits per heavy atom. The first kappa shape index (κ1) is 20.6. The molecule has 4 aromatic rings. The molecule has 2 aromatic heterocycles. The Labute approximate surface area is 194 Å². The number of para-hydroxylation sites is 1. The van der Waals surface area contributed by atoms with Crippen molar-refractivity contribution >= 4 is 29.1 Å². The molecule has 1 N–H and O–H groups in total. The third-order valence-corrected chi connectivity index (χ3v) is 6.08. The van der Waals surface area contributed by atoms with Crippen molar-refractivity contribution < 1.29 is 9.15 Å². The number of furan rings is 1. The molecule has 32 heavy (non-hydrogen) atoms. The summed E-state index contributed by atoms with van der Waals surface area (Å²) in [7, 11) is 0. The van der Waals surface area contributed by atoms with Crippen LogP contribution in [0.2, 0.25) is 5.02 Å². The second kappa shape index (κ2) is 8.68. The number of benzene rings is 2. The van der Waals surface area contributed by atoms with Gasteiger partial charge >= 0.3 is 0 Å². The summed E-state index contributed by atoms with van der Waals surface area (Å²) < 4.78 is 12.5. The Bertz CT molecular complexity index is 1310. The molecular formula is C24H19ClN4O2S. The normalized spacial score (nSPS) is 14.5. The summed E-state index contributed by atoms with van der Waals surface area (Å²) in [6.07, 6.45) is 1.20. The topological polar surface area (TPSA) is 73.1 Å². The van der Waals surface area contributed by atoms with Crippen LogP contribution in [0.25, 0.3) is 22.6 Å². The number of nitrogens with zero attached hydrogens (tertiary/aromatic N) is 3. The van der Waals surface area contributed by atoms with Crippen LogP contribution in [0, 0.1) is 6.92 Å². The number of aryl methyl sites for hydroxylation is 1. The minimum atomic E-state index is -0.598. The van der Waals surface area contributed by atoms with Gasteiger partial charge in [-0.25, -0.2) is 0 Å². The number of anilines is 1. The van der Waals surface area contributed by atoms with E-state index in [1.165, 1.54) is 11.8 Å². The van der Waals surface area contributed by atoms with Crippen molar-refractivity contribution in [2.24, 2.45) is 0 Å². The van der Waals surface area contributed by atoms with Crippen molar-refractivity contribution in [3.05, 3.63) is 83.6 Å². The molecule has 3 heterocycles. The molecule has 6 nitrogen and oxygen atoms in total. The van der Waals surface area contributed by atoms with E-state index in [2.05, 4.69) is 27.1 Å². The van der Waals surface area contributed by atoms with Crippen LogP contribution in [-0.4, -0.2) is 20.9 Å². The van der Waals surface area contributed by atoms with E-state index in [0.717, 1.165) is 22.4 Å². The van der Waals surface area contributed by atoms with Gasteiger partial charge in [0, 0.05) is 27.6 Å². The number of thioether (sulfide) groups is 1. The van der Waals surface area contributed by atoms with Gasteiger partial charge in [0.2, 0.25) is 17.3 Å². The molecule has 0 spiro atoms. The van der Waals surface area contributed by atoms with Gasteiger partial charge in [0.25, 0.3) is 0 Å². The highest BCUT2D eigenvalue weighted by atomic mass is 35.5. The summed E-state index contributed by atoms with van der Waals surface area (Å²) in [5.74, 6) is 2.40. The average Bonchev–Trinajstić information content (AvgIpc) is 3.23. The molecule has 0 fully saturated rings. The molecule has 0 saturated heterocycles. The third-order valence-electron chi connectivity index (χ3n) is 5.01. The predicted octanol–water partition coefficient (Wildman–Crippen LogP) is 6.54. The number of aromatic nitrogens is 3. The lowest BCUT2D eigenvalue weighted by Gasteiger charge is -2.16. The van der Waals surface area contributed by atoms with Gasteiger partial charge in [-0.2, -0.15) is 4.98 Å². The molecule has 0 amide bonds. The minimum Gasteiger partial charge on any atom is -0.455 e. The van der Waals surface area contributed by atoms with Gasteiger partial charge in [-0.3, -0.25) is 0 Å². The van der Waals surface area contributed by atoms with E-state index in [0.29, 0.717) is 39.0 Å². The SMILES string of the molecule is C=CCSc1nnc2c(n1)O[C@@H](c1ccc(-c3cc(Cl)ccc3C)o1)Nc1ccccc1-2. The summed E-state index contributed by atoms with van der Waals surface area (Å²) >= 11 is 7.64. The van der Waals surface area contributed by atoms with Gasteiger partial charge in [0.15, 0.2) is 11.5 Å². The maximum Gasteiger partial charge on any atom is 0.247 e. The zero-order valence-electron chi connectivity index (χ0n) is 17.2. The fourth-order valence-electron chi connectivity index (χ4n) is 3.47. The first-order chi connectivity index (χ1) is 15.6. The molecular weight excluding hydrogens is 444 g/mol. The number of nitrogens with one attached hydrogen (secondary N) is 1. The van der Waals surface area contributed by atoms with Gasteiger partial charge in [-0.1, -0.05) is 53.7 Å². The first-order valence-corrected chi connectivity index (χ1v) is 11.4. The molecule has 0 radical (unpaired) electrons. The first-order valence-electron chi connectivity index (χ1n) is 9.99. The van der Waals surface area contributed by atoms with Crippen molar-refractivity contribution in [1.82, 2.24) is 15.2 Å². The second-order valence-electron chi connectivity index (χ2n) is 7.20. The molecule has 0 unspecified atom stereocenters. The Morgan fingerprint density at radius 3 is 2.88 bits per heavy atom. The number of rotatable bonds is 5. The molecule has 1 atom stereocenters. The predicted molar refractivity (Wildman–Crippen MR) is 127 cm³/mol. The Balaban J connectivity index is 1.55. The van der Waals surface area contributed by atoms with E-state index in [1.807, 2.05) is 61.5 Å². The molecule has 160 valence electrons. The van der Waals surface area contributed by atoms with Crippen LogP contribution in [0.1, 0.15) is 17.6 Å². The van der Waals surface area contributed by atoms with E-state index in [-0.39, 0.29) is 0 Å². The lowest BCUT2D eigenvalue weighted by molar-refractivity contribution is 0.196. The van der Waals surface area contributed by atoms with Crippen LogP contribution in [0.3, 0.4) is 0 Å². The maximum atomic E-state index is 6.27. The highest BCUT2D eigenvalue weighted by Crippen LogP contribution is 2.40. The van der Waals surface area contributed by atoms with E-state index in [1.54, 1.807) is 6.08 Å². The smallest absolute Gasteiger partial charge is 0.247 e. The van der Waals surface area contributed by atoms with Crippen molar-refractivity contribution in [3.63, 3.8) is 0 Å². The summed E-state index contributed by atoms with van der Waals surface area (Å²) in [5, 5.41) is 13.2. The van der Waals surface area contributed by atoms with Crippen LogP contribution in [0.5, 0.6) is 5.88 Å². The van der Waals surface area contributed by atoms with Crippen LogP contribution >= 0.6 is 23.4 Å². The Morgan fingerprint density at radius 2 is 2.00 bits per heavy atom. The Hall–Kier alpha value is -3.29. The summed E-state index contributed by atoms with van der Waals surface area (Å²) in [6, 6.07) is 17.4. The molecule has 1 aliphatic rings. The van der Waals surface area contributed by atoms with E-state index in [9.17, 15) is 0 Å². The van der Waals surface area contributed by atoms with Crippen molar-refractivity contribution in [1.29, 1.82) is 0 Å². The molecule has 8 heteroatoms. The standard InChI is InChI=1S/C24H19ClN4O2S/c1-3-12-32-24-27-23-21(28-29-24)16-6-4-5-7-18(16)26-22(31-23)20-11-10-19(30-20)17-13-15(25)9-8-14(17)2/h3-11,13,22,26H,1,12H2,2H3/t22-/m0/s1. The number of hydrogen-bond donors (Lipinski definition) is 1. The molecule has 1 aliphatic heterocycles. The Kier molecular flexibility index (Phi) is 5.59. The average molecular weight is 463 g/mol. The van der Waals surface area contributed by atoms with Crippen molar-refractivity contribution in [2.45, 2.75) is 18.3 Å². The number of halogens is 1. The van der Waals surface area contributed by atoms with Gasteiger partial charge in [0.05, 0.1) is 0 Å². The molecule has 2 aromatic carbocycles. The monoisotopic (exact) mass is 462 g/mol. The van der Waals surface area contributed by atoms with Gasteiger partial charge in [-0.05, 0) is 42.8 Å². The summed E-state index contributed by atoms with van der Waals surface area (Å²) in [6.45, 7) is 5.76. The van der Waals surface area contributed by atoms with Crippen LogP contribution in [0.15, 0.2) is 76.8 Å². The third kappa shape index (κ3) is 3.97. The zero-order chi connectivity index (χ0) is 22.1. The lowest BCUT2D eigenvalue weighted by Crippen LogP contribution is -2.16. The van der Waals surface area contributed by atoms with Crippen LogP contribution in [0.4, 0.5) is 5.69 Å². The zero-order valence-corrected chi connectivity index (χ0v) is 18.8. The maximum absolute atomic E-state index is 6.27. The van der Waals surface area contributed by atoms with E-state index < -0.39 is 6.23 Å².